The molecule has 0 saturated carbocycles. The highest BCUT2D eigenvalue weighted by molar-refractivity contribution is 9.10. The lowest BCUT2D eigenvalue weighted by Gasteiger charge is -2.28. The van der Waals surface area contributed by atoms with Crippen LogP contribution in [0.2, 0.25) is 5.02 Å². The molecule has 6 heteroatoms. The molecule has 1 aliphatic rings. The molecule has 1 N–H and O–H groups in total. The molecule has 5 aromatic rings. The third-order valence-corrected chi connectivity index (χ3v) is 6.24. The van der Waals surface area contributed by atoms with Gasteiger partial charge in [-0.15, -0.1) is 0 Å². The van der Waals surface area contributed by atoms with Crippen LogP contribution in [0, 0.1) is 0 Å². The molecule has 6 rings (SSSR count). The number of hydrogen-bond acceptors (Lipinski definition) is 4. The summed E-state index contributed by atoms with van der Waals surface area (Å²) in [6.45, 7) is 0. The van der Waals surface area contributed by atoms with Crippen LogP contribution in [-0.2, 0) is 0 Å². The highest BCUT2D eigenvalue weighted by atomic mass is 79.9. The molecule has 0 amide bonds. The Morgan fingerprint density at radius 1 is 0.788 bits per heavy atom. The number of halogens is 2. The number of nitrogens with one attached hydrogen (secondary N) is 1. The average molecular weight is 515 g/mol. The van der Waals surface area contributed by atoms with E-state index in [2.05, 4.69) is 51.7 Å². The lowest BCUT2D eigenvalue weighted by Crippen LogP contribution is -2.36. The third-order valence-electron chi connectivity index (χ3n) is 5.56. The summed E-state index contributed by atoms with van der Waals surface area (Å²) >= 11 is 9.86. The van der Waals surface area contributed by atoms with Crippen LogP contribution in [0.1, 0.15) is 11.1 Å². The molecule has 2 heterocycles. The molecule has 0 unspecified atom stereocenters. The second-order valence-electron chi connectivity index (χ2n) is 7.77. The van der Waals surface area contributed by atoms with E-state index in [1.807, 2.05) is 66.7 Å². The number of furan rings is 1. The Bertz CT molecular complexity index is 1550. The van der Waals surface area contributed by atoms with E-state index in [9.17, 15) is 0 Å². The zero-order valence-electron chi connectivity index (χ0n) is 17.3. The van der Waals surface area contributed by atoms with Crippen molar-refractivity contribution in [1.29, 1.82) is 0 Å². The molecule has 33 heavy (non-hydrogen) atoms. The van der Waals surface area contributed by atoms with Gasteiger partial charge < -0.3 is 4.42 Å². The van der Waals surface area contributed by atoms with Gasteiger partial charge in [0, 0.05) is 25.8 Å². The molecule has 0 aliphatic carbocycles. The number of benzene rings is 4. The van der Waals surface area contributed by atoms with E-state index in [1.54, 1.807) is 5.12 Å². The first-order valence-electron chi connectivity index (χ1n) is 10.4. The summed E-state index contributed by atoms with van der Waals surface area (Å²) in [6, 6.07) is 30.2. The molecule has 0 fully saturated rings. The smallest absolute Gasteiger partial charge is 0.135 e. The summed E-state index contributed by atoms with van der Waals surface area (Å²) in [5.74, 6) is 0. The minimum Gasteiger partial charge on any atom is -0.456 e. The molecule has 4 nitrogen and oxygen atoms in total. The van der Waals surface area contributed by atoms with Crippen LogP contribution in [0.4, 0.5) is 5.69 Å². The Labute approximate surface area is 203 Å². The minimum absolute atomic E-state index is 0.625. The lowest BCUT2D eigenvalue weighted by molar-refractivity contribution is 0.669. The molecule has 4 aromatic carbocycles. The van der Waals surface area contributed by atoms with Crippen molar-refractivity contribution >= 4 is 66.6 Å². The quantitative estimate of drug-likeness (QED) is 0.267. The van der Waals surface area contributed by atoms with E-state index >= 15 is 0 Å². The second kappa shape index (κ2) is 8.10. The number of hydrogen-bond donors (Lipinski definition) is 1. The Kier molecular flexibility index (Phi) is 4.93. The van der Waals surface area contributed by atoms with Gasteiger partial charge in [0.1, 0.15) is 11.2 Å². The van der Waals surface area contributed by atoms with E-state index < -0.39 is 0 Å². The zero-order valence-corrected chi connectivity index (χ0v) is 19.6. The SMILES string of the molecule is Clc1cc(Br)cc(N2N=C(c3ccc4oc5ccccc5c4c3)C=C(c3ccccc3)N2)c1. The fraction of sp³-hybridized carbons (Fsp3) is 0. The van der Waals surface area contributed by atoms with Crippen molar-refractivity contribution in [3.8, 4) is 0 Å². The van der Waals surface area contributed by atoms with Crippen molar-refractivity contribution in [2.75, 3.05) is 5.12 Å². The lowest BCUT2D eigenvalue weighted by atomic mass is 10.0. The van der Waals surface area contributed by atoms with Gasteiger partial charge in [0.15, 0.2) is 0 Å². The predicted octanol–water partition coefficient (Wildman–Crippen LogP) is 7.77. The van der Waals surface area contributed by atoms with Gasteiger partial charge in [0.05, 0.1) is 17.1 Å². The molecule has 0 saturated heterocycles. The largest absolute Gasteiger partial charge is 0.456 e. The Balaban J connectivity index is 1.51. The van der Waals surface area contributed by atoms with E-state index in [1.165, 1.54) is 0 Å². The van der Waals surface area contributed by atoms with Gasteiger partial charge in [-0.1, -0.05) is 76.1 Å². The highest BCUT2D eigenvalue weighted by Crippen LogP contribution is 2.31. The van der Waals surface area contributed by atoms with Crippen LogP contribution in [0.15, 0.2) is 111 Å². The molecular formula is C27H17BrClN3O. The molecule has 0 radical (unpaired) electrons. The molecule has 0 bridgehead atoms. The maximum atomic E-state index is 6.33. The predicted molar refractivity (Wildman–Crippen MR) is 139 cm³/mol. The van der Waals surface area contributed by atoms with Crippen LogP contribution in [0.3, 0.4) is 0 Å². The van der Waals surface area contributed by atoms with Crippen molar-refractivity contribution in [3.05, 3.63) is 118 Å². The number of anilines is 1. The molecule has 1 aromatic heterocycles. The van der Waals surface area contributed by atoms with E-state index in [4.69, 9.17) is 21.1 Å². The van der Waals surface area contributed by atoms with Crippen molar-refractivity contribution in [2.24, 2.45) is 5.10 Å². The first kappa shape index (κ1) is 20.1. The normalized spacial score (nSPS) is 13.7. The maximum Gasteiger partial charge on any atom is 0.135 e. The number of fused-ring (bicyclic) bond motifs is 3. The van der Waals surface area contributed by atoms with Gasteiger partial charge in [-0.05, 0) is 54.1 Å². The Morgan fingerprint density at radius 2 is 1.58 bits per heavy atom. The van der Waals surface area contributed by atoms with Crippen LogP contribution >= 0.6 is 27.5 Å². The number of nitrogens with zero attached hydrogens (tertiary/aromatic N) is 2. The summed E-state index contributed by atoms with van der Waals surface area (Å²) in [4.78, 5) is 0. The van der Waals surface area contributed by atoms with Gasteiger partial charge >= 0.3 is 0 Å². The van der Waals surface area contributed by atoms with Crippen LogP contribution in [-0.4, -0.2) is 5.71 Å². The number of allylic oxidation sites excluding steroid dienone is 1. The molecule has 1 aliphatic heterocycles. The first-order chi connectivity index (χ1) is 16.1. The standard InChI is InChI=1S/C27H17BrClN3O/c28-19-13-20(29)15-21(14-19)32-30-24(17-6-2-1-3-7-17)16-25(31-32)18-10-11-27-23(12-18)22-8-4-5-9-26(22)33-27/h1-16,30H. The van der Waals surface area contributed by atoms with Gasteiger partial charge in [-0.3, -0.25) is 5.43 Å². The van der Waals surface area contributed by atoms with Crippen LogP contribution in [0.25, 0.3) is 27.6 Å². The maximum absolute atomic E-state index is 6.33. The van der Waals surface area contributed by atoms with Crippen LogP contribution < -0.4 is 10.5 Å². The zero-order chi connectivity index (χ0) is 22.4. The minimum atomic E-state index is 0.625. The van der Waals surface area contributed by atoms with Crippen LogP contribution in [0.5, 0.6) is 0 Å². The fourth-order valence-corrected chi connectivity index (χ4v) is 4.86. The summed E-state index contributed by atoms with van der Waals surface area (Å²) < 4.78 is 6.88. The van der Waals surface area contributed by atoms with Crippen molar-refractivity contribution < 1.29 is 4.42 Å². The van der Waals surface area contributed by atoms with Crippen molar-refractivity contribution in [3.63, 3.8) is 0 Å². The van der Waals surface area contributed by atoms with Gasteiger partial charge in [0.2, 0.25) is 0 Å². The van der Waals surface area contributed by atoms with E-state index in [-0.39, 0.29) is 0 Å². The summed E-state index contributed by atoms with van der Waals surface area (Å²) in [5, 5.41) is 9.44. The topological polar surface area (TPSA) is 40.8 Å². The van der Waals surface area contributed by atoms with Crippen molar-refractivity contribution in [1.82, 2.24) is 5.43 Å². The molecular weight excluding hydrogens is 498 g/mol. The third kappa shape index (κ3) is 3.80. The van der Waals surface area contributed by atoms with E-state index in [0.29, 0.717) is 5.02 Å². The Hall–Kier alpha value is -3.54. The van der Waals surface area contributed by atoms with Crippen molar-refractivity contribution in [2.45, 2.75) is 0 Å². The van der Waals surface area contributed by atoms with E-state index in [0.717, 1.165) is 54.6 Å². The van der Waals surface area contributed by atoms with Gasteiger partial charge in [-0.25, -0.2) is 0 Å². The highest BCUT2D eigenvalue weighted by Gasteiger charge is 2.19. The van der Waals surface area contributed by atoms with Gasteiger partial charge in [0.25, 0.3) is 0 Å². The second-order valence-corrected chi connectivity index (χ2v) is 9.12. The molecule has 0 spiro atoms. The molecule has 0 atom stereocenters. The first-order valence-corrected chi connectivity index (χ1v) is 11.6. The monoisotopic (exact) mass is 513 g/mol. The Morgan fingerprint density at radius 3 is 2.42 bits per heavy atom. The average Bonchev–Trinajstić information content (AvgIpc) is 3.22. The number of hydrazine groups is 1. The summed E-state index contributed by atoms with van der Waals surface area (Å²) in [5.41, 5.74) is 9.79. The fourth-order valence-electron chi connectivity index (χ4n) is 4.02. The summed E-state index contributed by atoms with van der Waals surface area (Å²) in [7, 11) is 0. The van der Waals surface area contributed by atoms with Gasteiger partial charge in [-0.2, -0.15) is 10.2 Å². The number of para-hydroxylation sites is 1. The molecule has 160 valence electrons. The number of hydrazone groups is 1. The summed E-state index contributed by atoms with van der Waals surface area (Å²) in [6.07, 6.45) is 2.06. The number of rotatable bonds is 3.